The molecular weight excluding hydrogens is 276 g/mol. The van der Waals surface area contributed by atoms with Crippen LogP contribution in [0.2, 0.25) is 5.02 Å². The van der Waals surface area contributed by atoms with Crippen molar-refractivity contribution in [2.75, 3.05) is 6.61 Å². The highest BCUT2D eigenvalue weighted by molar-refractivity contribution is 6.30. The van der Waals surface area contributed by atoms with Crippen LogP contribution in [0.25, 0.3) is 0 Å². The van der Waals surface area contributed by atoms with E-state index in [9.17, 15) is 4.79 Å². The van der Waals surface area contributed by atoms with Gasteiger partial charge < -0.3 is 10.1 Å². The van der Waals surface area contributed by atoms with Gasteiger partial charge in [-0.1, -0.05) is 30.9 Å². The summed E-state index contributed by atoms with van der Waals surface area (Å²) in [7, 11) is 0. The number of aromatic nitrogens is 1. The molecule has 2 heterocycles. The highest BCUT2D eigenvalue weighted by atomic mass is 35.5. The molecule has 3 rings (SSSR count). The molecule has 1 N–H and O–H groups in total. The number of ether oxygens (including phenoxy) is 1. The van der Waals surface area contributed by atoms with Crippen LogP contribution in [0.4, 0.5) is 0 Å². The fourth-order valence-corrected chi connectivity index (χ4v) is 3.36. The minimum Gasteiger partial charge on any atom is -0.373 e. The number of rotatable bonds is 2. The molecule has 0 unspecified atom stereocenters. The van der Waals surface area contributed by atoms with E-state index >= 15 is 0 Å². The Hall–Kier alpha value is -1.13. The predicted molar refractivity (Wildman–Crippen MR) is 76.9 cm³/mol. The standard InChI is InChI=1S/C15H19ClN2O2/c16-11-4-5-13(17-9-11)14(19)18-12-8-15(20-10-12)6-2-1-3-7-15/h4-5,9,12H,1-3,6-8,10H2,(H,18,19)/t12-/m0/s1. The van der Waals surface area contributed by atoms with Crippen LogP contribution in [-0.4, -0.2) is 29.1 Å². The number of nitrogens with zero attached hydrogens (tertiary/aromatic N) is 1. The SMILES string of the molecule is O=C(N[C@@H]1COC2(CCCCC2)C1)c1ccc(Cl)cn1. The molecule has 1 aromatic heterocycles. The highest BCUT2D eigenvalue weighted by Crippen LogP contribution is 2.39. The molecule has 4 nitrogen and oxygen atoms in total. The molecule has 0 bridgehead atoms. The summed E-state index contributed by atoms with van der Waals surface area (Å²) in [6.07, 6.45) is 8.43. The zero-order chi connectivity index (χ0) is 14.0. The number of hydrogen-bond acceptors (Lipinski definition) is 3. The van der Waals surface area contributed by atoms with Crippen LogP contribution in [0.15, 0.2) is 18.3 Å². The van der Waals surface area contributed by atoms with E-state index in [1.807, 2.05) is 0 Å². The lowest BCUT2D eigenvalue weighted by Crippen LogP contribution is -2.37. The molecule has 1 aromatic rings. The van der Waals surface area contributed by atoms with Gasteiger partial charge in [-0.3, -0.25) is 4.79 Å². The zero-order valence-electron chi connectivity index (χ0n) is 11.4. The first-order valence-corrected chi connectivity index (χ1v) is 7.61. The van der Waals surface area contributed by atoms with Gasteiger partial charge in [0, 0.05) is 6.20 Å². The summed E-state index contributed by atoms with van der Waals surface area (Å²) in [5, 5.41) is 3.55. The molecule has 1 atom stereocenters. The minimum atomic E-state index is -0.150. The van der Waals surface area contributed by atoms with Crippen LogP contribution in [0.3, 0.4) is 0 Å². The average Bonchev–Trinajstić information content (AvgIpc) is 2.83. The summed E-state index contributed by atoms with van der Waals surface area (Å²) in [5.41, 5.74) is 0.419. The van der Waals surface area contributed by atoms with Crippen molar-refractivity contribution in [1.29, 1.82) is 0 Å². The van der Waals surface area contributed by atoms with Crippen LogP contribution >= 0.6 is 11.6 Å². The smallest absolute Gasteiger partial charge is 0.270 e. The largest absolute Gasteiger partial charge is 0.373 e. The van der Waals surface area contributed by atoms with Crippen molar-refractivity contribution >= 4 is 17.5 Å². The molecule has 20 heavy (non-hydrogen) atoms. The number of halogens is 1. The summed E-state index contributed by atoms with van der Waals surface area (Å²) < 4.78 is 5.99. The number of pyridine rings is 1. The fraction of sp³-hybridized carbons (Fsp3) is 0.600. The summed E-state index contributed by atoms with van der Waals surface area (Å²) in [5.74, 6) is -0.150. The van der Waals surface area contributed by atoms with Crippen molar-refractivity contribution < 1.29 is 9.53 Å². The van der Waals surface area contributed by atoms with Crippen LogP contribution in [-0.2, 0) is 4.74 Å². The molecule has 1 aliphatic carbocycles. The minimum absolute atomic E-state index is 0.0175. The molecule has 1 aliphatic heterocycles. The molecular formula is C15H19ClN2O2. The number of nitrogens with one attached hydrogen (secondary N) is 1. The van der Waals surface area contributed by atoms with Gasteiger partial charge in [-0.15, -0.1) is 0 Å². The third kappa shape index (κ3) is 2.96. The average molecular weight is 295 g/mol. The first-order chi connectivity index (χ1) is 9.67. The molecule has 1 saturated heterocycles. The molecule has 108 valence electrons. The topological polar surface area (TPSA) is 51.2 Å². The van der Waals surface area contributed by atoms with Gasteiger partial charge in [-0.2, -0.15) is 0 Å². The van der Waals surface area contributed by atoms with Crippen molar-refractivity contribution in [3.05, 3.63) is 29.0 Å². The van der Waals surface area contributed by atoms with E-state index in [2.05, 4.69) is 10.3 Å². The normalized spacial score (nSPS) is 24.8. The number of amides is 1. The Morgan fingerprint density at radius 1 is 1.35 bits per heavy atom. The van der Waals surface area contributed by atoms with E-state index in [4.69, 9.17) is 16.3 Å². The van der Waals surface area contributed by atoms with Crippen molar-refractivity contribution in [1.82, 2.24) is 10.3 Å². The Labute approximate surface area is 123 Å². The molecule has 2 fully saturated rings. The lowest BCUT2D eigenvalue weighted by Gasteiger charge is -2.32. The van der Waals surface area contributed by atoms with Gasteiger partial charge in [-0.05, 0) is 31.4 Å². The van der Waals surface area contributed by atoms with Crippen LogP contribution in [0.5, 0.6) is 0 Å². The molecule has 1 amide bonds. The second kappa shape index (κ2) is 5.70. The van der Waals surface area contributed by atoms with Gasteiger partial charge in [-0.25, -0.2) is 4.98 Å². The maximum absolute atomic E-state index is 12.1. The van der Waals surface area contributed by atoms with Gasteiger partial charge in [0.1, 0.15) is 5.69 Å². The van der Waals surface area contributed by atoms with Gasteiger partial charge in [0.05, 0.1) is 23.3 Å². The Morgan fingerprint density at radius 2 is 2.15 bits per heavy atom. The second-order valence-corrected chi connectivity index (χ2v) is 6.23. The Kier molecular flexibility index (Phi) is 3.94. The lowest BCUT2D eigenvalue weighted by molar-refractivity contribution is -0.0246. The quantitative estimate of drug-likeness (QED) is 0.912. The summed E-state index contributed by atoms with van der Waals surface area (Å²) in [6.45, 7) is 0.610. The third-order valence-corrected chi connectivity index (χ3v) is 4.49. The molecule has 0 radical (unpaired) electrons. The Bertz CT molecular complexity index is 483. The van der Waals surface area contributed by atoms with Gasteiger partial charge in [0.25, 0.3) is 5.91 Å². The number of carbonyl (C=O) groups excluding carboxylic acids is 1. The van der Waals surface area contributed by atoms with E-state index < -0.39 is 0 Å². The number of hydrogen-bond donors (Lipinski definition) is 1. The summed E-state index contributed by atoms with van der Waals surface area (Å²) >= 11 is 5.77. The van der Waals surface area contributed by atoms with E-state index in [0.717, 1.165) is 19.3 Å². The first-order valence-electron chi connectivity index (χ1n) is 7.23. The van der Waals surface area contributed by atoms with E-state index in [1.54, 1.807) is 12.1 Å². The molecule has 1 saturated carbocycles. The van der Waals surface area contributed by atoms with Crippen molar-refractivity contribution in [2.45, 2.75) is 50.2 Å². The molecule has 1 spiro atoms. The third-order valence-electron chi connectivity index (χ3n) is 4.27. The maximum atomic E-state index is 12.1. The fourth-order valence-electron chi connectivity index (χ4n) is 3.25. The Morgan fingerprint density at radius 3 is 2.85 bits per heavy atom. The van der Waals surface area contributed by atoms with Crippen molar-refractivity contribution in [3.63, 3.8) is 0 Å². The van der Waals surface area contributed by atoms with Gasteiger partial charge >= 0.3 is 0 Å². The highest BCUT2D eigenvalue weighted by Gasteiger charge is 2.41. The first kappa shape index (κ1) is 13.8. The van der Waals surface area contributed by atoms with Crippen LogP contribution in [0, 0.1) is 0 Å². The summed E-state index contributed by atoms with van der Waals surface area (Å²) in [4.78, 5) is 16.2. The van der Waals surface area contributed by atoms with E-state index in [-0.39, 0.29) is 17.6 Å². The predicted octanol–water partition coefficient (Wildman–Crippen LogP) is 2.96. The monoisotopic (exact) mass is 294 g/mol. The second-order valence-electron chi connectivity index (χ2n) is 5.79. The Balaban J connectivity index is 1.59. The van der Waals surface area contributed by atoms with Gasteiger partial charge in [0.15, 0.2) is 0 Å². The zero-order valence-corrected chi connectivity index (χ0v) is 12.2. The van der Waals surface area contributed by atoms with Crippen molar-refractivity contribution in [3.8, 4) is 0 Å². The molecule has 2 aliphatic rings. The number of carbonyl (C=O) groups is 1. The summed E-state index contributed by atoms with van der Waals surface area (Å²) in [6, 6.07) is 3.42. The van der Waals surface area contributed by atoms with Gasteiger partial charge in [0.2, 0.25) is 0 Å². The lowest BCUT2D eigenvalue weighted by atomic mass is 9.82. The molecule has 5 heteroatoms. The van der Waals surface area contributed by atoms with Crippen LogP contribution in [0.1, 0.15) is 49.0 Å². The van der Waals surface area contributed by atoms with E-state index in [1.165, 1.54) is 25.5 Å². The van der Waals surface area contributed by atoms with E-state index in [0.29, 0.717) is 17.3 Å². The van der Waals surface area contributed by atoms with Crippen LogP contribution < -0.4 is 5.32 Å². The van der Waals surface area contributed by atoms with Crippen molar-refractivity contribution in [2.24, 2.45) is 0 Å². The maximum Gasteiger partial charge on any atom is 0.270 e. The molecule has 0 aromatic carbocycles.